The number of ether oxygens (including phenoxy) is 5. The largest absolute Gasteiger partial charge is 0.476 e. The van der Waals surface area contributed by atoms with E-state index in [0.29, 0.717) is 93.7 Å². The highest BCUT2D eigenvalue weighted by Crippen LogP contribution is 2.51. The van der Waals surface area contributed by atoms with Gasteiger partial charge in [-0.3, -0.25) is 34.3 Å². The molecule has 15 rings (SSSR count). The van der Waals surface area contributed by atoms with Crippen molar-refractivity contribution in [2.24, 2.45) is 0 Å². The molecule has 6 saturated heterocycles. The number of esters is 2. The number of hydrogen-bond donors (Lipinski definition) is 3. The lowest BCUT2D eigenvalue weighted by molar-refractivity contribution is -0.188. The summed E-state index contributed by atoms with van der Waals surface area (Å²) in [5, 5.41) is 16.6. The van der Waals surface area contributed by atoms with Gasteiger partial charge in [-0.25, -0.2) is 29.3 Å². The second-order valence-electron chi connectivity index (χ2n) is 28.6. The summed E-state index contributed by atoms with van der Waals surface area (Å²) in [5.74, 6) is -5.01. The Hall–Kier alpha value is -7.97. The number of methoxy groups -OCH3 is 2. The maximum Gasteiger partial charge on any atom is 0.471 e. The van der Waals surface area contributed by atoms with E-state index >= 15 is 0 Å². The van der Waals surface area contributed by atoms with Crippen molar-refractivity contribution in [3.8, 4) is 0 Å². The lowest BCUT2D eigenvalue weighted by Crippen LogP contribution is -2.50. The van der Waals surface area contributed by atoms with E-state index in [2.05, 4.69) is 106 Å². The Morgan fingerprint density at radius 1 is 0.533 bits per heavy atom. The minimum atomic E-state index is -4.92. The fourth-order valence-corrected chi connectivity index (χ4v) is 16.0. The average molecular weight is 1530 g/mol. The van der Waals surface area contributed by atoms with Gasteiger partial charge in [-0.15, -0.1) is 0 Å². The van der Waals surface area contributed by atoms with Crippen molar-refractivity contribution in [2.75, 3.05) is 73.3 Å². The molecule has 9 fully saturated rings. The fourth-order valence-electron chi connectivity index (χ4n) is 15.7. The maximum absolute atomic E-state index is 13.6. The summed E-state index contributed by atoms with van der Waals surface area (Å²) in [4.78, 5) is 89.1. The first kappa shape index (κ1) is 76.7. The van der Waals surface area contributed by atoms with Gasteiger partial charge in [-0.05, 0) is 107 Å². The second kappa shape index (κ2) is 33.4. The van der Waals surface area contributed by atoms with Gasteiger partial charge in [0.15, 0.2) is 17.1 Å². The molecule has 3 spiro atoms. The first-order chi connectivity index (χ1) is 50.5. The third-order valence-corrected chi connectivity index (χ3v) is 22.1. The monoisotopic (exact) mass is 1520 g/mol. The molecule has 6 aliphatic heterocycles. The van der Waals surface area contributed by atoms with E-state index in [4.69, 9.17) is 19.3 Å². The molecule has 0 radical (unpaired) electrons. The average Bonchev–Trinajstić information content (AvgIpc) is 1.60. The number of aromatic nitrogens is 6. The predicted octanol–water partition coefficient (Wildman–Crippen LogP) is 9.78. The van der Waals surface area contributed by atoms with Crippen LogP contribution in [0.3, 0.4) is 0 Å². The summed E-state index contributed by atoms with van der Waals surface area (Å²) < 4.78 is 108. The van der Waals surface area contributed by atoms with E-state index in [9.17, 15) is 50.3 Å². The molecule has 105 heavy (non-hydrogen) atoms. The number of carboxylic acid groups (broad SMARTS) is 1. The Morgan fingerprint density at radius 3 is 1.31 bits per heavy atom. The number of carbonyl (C=O) groups is 5. The molecule has 9 aliphatic rings. The van der Waals surface area contributed by atoms with Gasteiger partial charge in [0, 0.05) is 86.5 Å². The van der Waals surface area contributed by atoms with Crippen molar-refractivity contribution >= 4 is 45.7 Å². The zero-order valence-electron chi connectivity index (χ0n) is 58.4. The zero-order valence-corrected chi connectivity index (χ0v) is 60.0. The lowest BCUT2D eigenvalue weighted by Gasteiger charge is -2.39. The molecular formula is C75H87BrF6N12O11. The van der Waals surface area contributed by atoms with Crippen LogP contribution in [-0.2, 0) is 51.7 Å². The number of piperidine rings is 3. The summed E-state index contributed by atoms with van der Waals surface area (Å²) in [7, 11) is 2.59. The van der Waals surface area contributed by atoms with Crippen molar-refractivity contribution < 1.29 is 79.1 Å². The normalized spacial score (nSPS) is 25.4. The van der Waals surface area contributed by atoms with E-state index in [-0.39, 0.29) is 53.3 Å². The third-order valence-electron chi connectivity index (χ3n) is 21.6. The molecule has 9 heterocycles. The Balaban J connectivity index is 0.000000139. The molecule has 3 aromatic heterocycles. The molecule has 562 valence electrons. The van der Waals surface area contributed by atoms with Crippen molar-refractivity contribution in [2.45, 2.75) is 179 Å². The Bertz CT molecular complexity index is 3900. The van der Waals surface area contributed by atoms with Gasteiger partial charge in [-0.1, -0.05) is 107 Å². The lowest BCUT2D eigenvalue weighted by atomic mass is 9.87. The second-order valence-corrected chi connectivity index (χ2v) is 29.1. The van der Waals surface area contributed by atoms with Gasteiger partial charge in [0.1, 0.15) is 0 Å². The first-order valence-electron chi connectivity index (χ1n) is 35.6. The van der Waals surface area contributed by atoms with Crippen molar-refractivity contribution in [3.63, 3.8) is 0 Å². The fraction of sp³-hybridized carbons (Fsp3) is 0.533. The van der Waals surface area contributed by atoms with E-state index in [1.165, 1.54) is 57.2 Å². The van der Waals surface area contributed by atoms with Gasteiger partial charge in [0.05, 0.1) is 117 Å². The van der Waals surface area contributed by atoms with Crippen LogP contribution in [0.5, 0.6) is 0 Å². The summed E-state index contributed by atoms with van der Waals surface area (Å²) in [6, 6.07) is 28.7. The summed E-state index contributed by atoms with van der Waals surface area (Å²) in [6.07, 6.45) is 8.20. The minimum absolute atomic E-state index is 0.00411. The summed E-state index contributed by atoms with van der Waals surface area (Å²) in [6.45, 7) is 7.23. The zero-order chi connectivity index (χ0) is 74.1. The maximum atomic E-state index is 13.6. The number of halogens is 7. The number of benzene rings is 3. The van der Waals surface area contributed by atoms with E-state index in [1.54, 1.807) is 6.20 Å². The highest BCUT2D eigenvalue weighted by Gasteiger charge is 2.59. The number of hydrogen-bond acceptors (Lipinski definition) is 20. The standard InChI is InChI=1S/C26H29F3N4O4.C23H28N4O3.C19H23F3N2O2.C7H7BrN2O2/c1-36-23(34)21-14-30-18(13-31-21)15-32-9-7-25(8-10-32)12-19(16-37-25)33(24(35)26(27,28)29)22-11-20(22)17-5-3-2-4-6-17;28-22(29)21-13-24-18(12-25-21)14-27-8-6-23(7-9-27)11-17(15-30-23)26-20-10-19(20)16-4-2-1-3-5-16;20-19(21,22)17(25)24(16-10-15(16)13-4-2-1-3-5-13)14-11-18(26-12-14)6-8-23-9-7-18;1-12-7(11)6-4-9-5(2-8)3-10-6/h2-6,13-14,19-20,22H,7-12,15-16H2,1H3;1-5,12-13,17,19-20,26H,6-11,14-15H2,(H,28,29);1-5,14-16,23H,6-12H2;3-4H,2H2,1H3/t19?,20-,22+;17?,19-,20+;14?,15-,16+;/m000./s1. The molecule has 3 aliphatic carbocycles. The number of rotatable bonds is 17. The van der Waals surface area contributed by atoms with Crippen LogP contribution in [0.15, 0.2) is 128 Å². The number of alkyl halides is 7. The van der Waals surface area contributed by atoms with Crippen LogP contribution < -0.4 is 10.6 Å². The molecule has 3 unspecified atom stereocenters. The Morgan fingerprint density at radius 2 is 0.924 bits per heavy atom. The molecule has 23 nitrogen and oxygen atoms in total. The number of aromatic carboxylic acids is 1. The van der Waals surface area contributed by atoms with Crippen molar-refractivity contribution in [1.29, 1.82) is 0 Å². The Kier molecular flexibility index (Phi) is 24.4. The van der Waals surface area contributed by atoms with Crippen LogP contribution in [0.25, 0.3) is 0 Å². The van der Waals surface area contributed by atoms with Crippen LogP contribution in [0.1, 0.15) is 160 Å². The highest BCUT2D eigenvalue weighted by molar-refractivity contribution is 9.08. The highest BCUT2D eigenvalue weighted by atomic mass is 79.9. The van der Waals surface area contributed by atoms with Gasteiger partial charge in [-0.2, -0.15) is 26.3 Å². The number of carboxylic acids is 1. The molecule has 3 aromatic carbocycles. The molecule has 3 N–H and O–H groups in total. The third kappa shape index (κ3) is 19.4. The molecule has 30 heteroatoms. The smallest absolute Gasteiger partial charge is 0.471 e. The topological polar surface area (TPSA) is 266 Å². The predicted molar refractivity (Wildman–Crippen MR) is 372 cm³/mol. The summed E-state index contributed by atoms with van der Waals surface area (Å²) in [5.41, 5.74) is 5.12. The summed E-state index contributed by atoms with van der Waals surface area (Å²) >= 11 is 3.22. The van der Waals surface area contributed by atoms with Crippen molar-refractivity contribution in [1.82, 2.24) is 60.1 Å². The molecule has 3 saturated carbocycles. The number of nitrogens with zero attached hydrogens (tertiary/aromatic N) is 10. The quantitative estimate of drug-likeness (QED) is 0.0435. The van der Waals surface area contributed by atoms with E-state index in [0.717, 1.165) is 97.2 Å². The molecule has 9 atom stereocenters. The van der Waals surface area contributed by atoms with Crippen LogP contribution in [0.4, 0.5) is 26.3 Å². The number of likely N-dealkylation sites (tertiary alicyclic amines) is 2. The molecule has 0 bridgehead atoms. The van der Waals surface area contributed by atoms with Gasteiger partial charge >= 0.3 is 42.1 Å². The van der Waals surface area contributed by atoms with Gasteiger partial charge in [0.2, 0.25) is 0 Å². The number of nitrogens with one attached hydrogen (secondary N) is 2. The molecule has 6 aromatic rings. The van der Waals surface area contributed by atoms with Gasteiger partial charge < -0.3 is 49.2 Å². The van der Waals surface area contributed by atoms with Crippen LogP contribution >= 0.6 is 15.9 Å². The molecule has 2 amide bonds. The minimum Gasteiger partial charge on any atom is -0.476 e. The van der Waals surface area contributed by atoms with E-state index in [1.807, 2.05) is 60.7 Å². The van der Waals surface area contributed by atoms with Gasteiger partial charge in [0.25, 0.3) is 0 Å². The van der Waals surface area contributed by atoms with Crippen LogP contribution in [-0.4, -0.2) is 223 Å². The number of carbonyl (C=O) groups excluding carboxylic acids is 4. The Labute approximate surface area is 613 Å². The van der Waals surface area contributed by atoms with Crippen LogP contribution in [0, 0.1) is 0 Å². The van der Waals surface area contributed by atoms with E-state index < -0.39 is 71.8 Å². The molecular weight excluding hydrogens is 1440 g/mol. The van der Waals surface area contributed by atoms with Crippen LogP contribution in [0.2, 0.25) is 0 Å². The first-order valence-corrected chi connectivity index (χ1v) is 36.7. The SMILES string of the molecule is COC(=O)c1cnc(CBr)cn1.COC(=O)c1cnc(CN2CCC3(CC2)CC(N(C(=O)C(F)(F)F)[C@@H]2C[C@H]2c2ccccc2)CO3)cn1.O=C(N(C1COC2(CCNCC2)C1)[C@@H]1C[C@H]1c1ccccc1)C(F)(F)F.O=C(O)c1cnc(CN2CCC3(CC2)CC(N[C@@H]2C[C@H]2c2ccccc2)CO3)cn1. The van der Waals surface area contributed by atoms with Crippen molar-refractivity contribution in [3.05, 3.63) is 179 Å². The number of amides is 2.